The molecule has 8 nitrogen and oxygen atoms in total. The van der Waals surface area contributed by atoms with Gasteiger partial charge in [0.15, 0.2) is 5.03 Å². The third-order valence-corrected chi connectivity index (χ3v) is 4.66. The SMILES string of the molecule is COC1(CNS(=O)(=O)c2ccc(C(=O)O)cn2)CCOC1. The minimum Gasteiger partial charge on any atom is -0.478 e. The van der Waals surface area contributed by atoms with Crippen LogP contribution < -0.4 is 4.72 Å². The van der Waals surface area contributed by atoms with Crippen LogP contribution in [0.25, 0.3) is 0 Å². The Hall–Kier alpha value is -1.55. The second-order valence-electron chi connectivity index (χ2n) is 4.70. The van der Waals surface area contributed by atoms with E-state index in [2.05, 4.69) is 9.71 Å². The molecule has 2 N–H and O–H groups in total. The number of hydrogen-bond acceptors (Lipinski definition) is 6. The lowest BCUT2D eigenvalue weighted by Gasteiger charge is -2.25. The number of nitrogens with one attached hydrogen (secondary N) is 1. The Balaban J connectivity index is 2.09. The Morgan fingerprint density at radius 2 is 2.33 bits per heavy atom. The fourth-order valence-electron chi connectivity index (χ4n) is 1.93. The van der Waals surface area contributed by atoms with Crippen LogP contribution in [0.1, 0.15) is 16.8 Å². The number of aromatic nitrogens is 1. The van der Waals surface area contributed by atoms with Crippen molar-refractivity contribution in [2.45, 2.75) is 17.0 Å². The molecule has 0 radical (unpaired) electrons. The van der Waals surface area contributed by atoms with Gasteiger partial charge < -0.3 is 14.6 Å². The lowest BCUT2D eigenvalue weighted by molar-refractivity contribution is -0.0120. The van der Waals surface area contributed by atoms with Crippen LogP contribution in [0.4, 0.5) is 0 Å². The van der Waals surface area contributed by atoms with Gasteiger partial charge in [0.1, 0.15) is 5.60 Å². The summed E-state index contributed by atoms with van der Waals surface area (Å²) in [4.78, 5) is 14.4. The average Bonchev–Trinajstić information content (AvgIpc) is 2.95. The van der Waals surface area contributed by atoms with E-state index in [-0.39, 0.29) is 17.1 Å². The number of carbonyl (C=O) groups is 1. The van der Waals surface area contributed by atoms with Gasteiger partial charge in [-0.25, -0.2) is 22.9 Å². The van der Waals surface area contributed by atoms with Gasteiger partial charge in [0.2, 0.25) is 0 Å². The zero-order chi connectivity index (χ0) is 15.5. The van der Waals surface area contributed by atoms with Crippen molar-refractivity contribution in [2.75, 3.05) is 26.9 Å². The Kier molecular flexibility index (Phi) is 4.57. The van der Waals surface area contributed by atoms with Crippen molar-refractivity contribution in [1.29, 1.82) is 0 Å². The van der Waals surface area contributed by atoms with Crippen LogP contribution >= 0.6 is 0 Å². The van der Waals surface area contributed by atoms with Crippen molar-refractivity contribution in [3.05, 3.63) is 23.9 Å². The molecule has 1 aliphatic heterocycles. The number of sulfonamides is 1. The number of aromatic carboxylic acids is 1. The summed E-state index contributed by atoms with van der Waals surface area (Å²) in [7, 11) is -2.33. The number of methoxy groups -OCH3 is 1. The van der Waals surface area contributed by atoms with E-state index in [9.17, 15) is 13.2 Å². The van der Waals surface area contributed by atoms with Crippen molar-refractivity contribution >= 4 is 16.0 Å². The van der Waals surface area contributed by atoms with Crippen molar-refractivity contribution in [1.82, 2.24) is 9.71 Å². The van der Waals surface area contributed by atoms with E-state index in [0.717, 1.165) is 12.3 Å². The molecule has 1 aromatic rings. The number of nitrogens with zero attached hydrogens (tertiary/aromatic N) is 1. The zero-order valence-corrected chi connectivity index (χ0v) is 12.2. The van der Waals surface area contributed by atoms with Gasteiger partial charge in [0.05, 0.1) is 12.2 Å². The number of carboxylic acid groups (broad SMARTS) is 1. The summed E-state index contributed by atoms with van der Waals surface area (Å²) in [5, 5.41) is 8.52. The Morgan fingerprint density at radius 3 is 2.81 bits per heavy atom. The second-order valence-corrected chi connectivity index (χ2v) is 6.42. The van der Waals surface area contributed by atoms with E-state index in [1.54, 1.807) is 0 Å². The quantitative estimate of drug-likeness (QED) is 0.750. The highest BCUT2D eigenvalue weighted by Gasteiger charge is 2.36. The van der Waals surface area contributed by atoms with Crippen LogP contribution in [0.2, 0.25) is 0 Å². The molecule has 1 fully saturated rings. The Bertz CT molecular complexity index is 607. The minimum absolute atomic E-state index is 0.0637. The monoisotopic (exact) mass is 316 g/mol. The molecular weight excluding hydrogens is 300 g/mol. The second kappa shape index (κ2) is 6.06. The fourth-order valence-corrected chi connectivity index (χ4v) is 2.97. The molecule has 1 unspecified atom stereocenters. The van der Waals surface area contributed by atoms with Crippen LogP contribution in [0, 0.1) is 0 Å². The van der Waals surface area contributed by atoms with Gasteiger partial charge >= 0.3 is 5.97 Å². The summed E-state index contributed by atoms with van der Waals surface area (Å²) in [5.74, 6) is -1.17. The average molecular weight is 316 g/mol. The maximum Gasteiger partial charge on any atom is 0.337 e. The minimum atomic E-state index is -3.83. The van der Waals surface area contributed by atoms with Crippen LogP contribution in [-0.4, -0.2) is 56.9 Å². The van der Waals surface area contributed by atoms with Crippen LogP contribution in [0.3, 0.4) is 0 Å². The van der Waals surface area contributed by atoms with Crippen LogP contribution in [0.15, 0.2) is 23.4 Å². The first-order chi connectivity index (χ1) is 9.88. The Morgan fingerprint density at radius 1 is 1.57 bits per heavy atom. The molecule has 0 aromatic carbocycles. The lowest BCUT2D eigenvalue weighted by atomic mass is 10.0. The first kappa shape index (κ1) is 15.8. The molecule has 1 aromatic heterocycles. The highest BCUT2D eigenvalue weighted by Crippen LogP contribution is 2.22. The van der Waals surface area contributed by atoms with Crippen molar-refractivity contribution in [2.24, 2.45) is 0 Å². The van der Waals surface area contributed by atoms with Gasteiger partial charge in [-0.1, -0.05) is 0 Å². The van der Waals surface area contributed by atoms with Gasteiger partial charge in [-0.3, -0.25) is 0 Å². The fraction of sp³-hybridized carbons (Fsp3) is 0.500. The van der Waals surface area contributed by atoms with Gasteiger partial charge in [0, 0.05) is 32.9 Å². The molecule has 1 atom stereocenters. The van der Waals surface area contributed by atoms with Crippen molar-refractivity contribution < 1.29 is 27.8 Å². The molecule has 0 saturated carbocycles. The van der Waals surface area contributed by atoms with Crippen LogP contribution in [0.5, 0.6) is 0 Å². The maximum absolute atomic E-state index is 12.1. The molecule has 0 amide bonds. The predicted octanol–water partition coefficient (Wildman–Crippen LogP) is -0.136. The van der Waals surface area contributed by atoms with Crippen LogP contribution in [-0.2, 0) is 19.5 Å². The normalized spacial score (nSPS) is 22.3. The smallest absolute Gasteiger partial charge is 0.337 e. The van der Waals surface area contributed by atoms with Crippen molar-refractivity contribution in [3.63, 3.8) is 0 Å². The molecule has 2 heterocycles. The molecule has 1 saturated heterocycles. The molecular formula is C12H16N2O6S. The molecule has 9 heteroatoms. The lowest BCUT2D eigenvalue weighted by Crippen LogP contribution is -2.45. The standard InChI is InChI=1S/C12H16N2O6S/c1-19-12(4-5-20-8-12)7-14-21(17,18)10-3-2-9(6-13-10)11(15)16/h2-3,6,14H,4-5,7-8H2,1H3,(H,15,16). The molecule has 1 aliphatic rings. The van der Waals surface area contributed by atoms with E-state index in [1.807, 2.05) is 0 Å². The molecule has 0 bridgehead atoms. The summed E-state index contributed by atoms with van der Waals surface area (Å²) < 4.78 is 37.2. The summed E-state index contributed by atoms with van der Waals surface area (Å²) in [6.45, 7) is 0.896. The highest BCUT2D eigenvalue weighted by molar-refractivity contribution is 7.89. The zero-order valence-electron chi connectivity index (χ0n) is 11.4. The molecule has 2 rings (SSSR count). The van der Waals surface area contributed by atoms with Gasteiger partial charge in [-0.05, 0) is 12.1 Å². The first-order valence-electron chi connectivity index (χ1n) is 6.20. The molecule has 0 spiro atoms. The topological polar surface area (TPSA) is 115 Å². The number of rotatable bonds is 6. The first-order valence-corrected chi connectivity index (χ1v) is 7.69. The van der Waals surface area contributed by atoms with E-state index in [1.165, 1.54) is 13.2 Å². The van der Waals surface area contributed by atoms with E-state index in [0.29, 0.717) is 19.6 Å². The maximum atomic E-state index is 12.1. The molecule has 116 valence electrons. The van der Waals surface area contributed by atoms with Crippen molar-refractivity contribution in [3.8, 4) is 0 Å². The van der Waals surface area contributed by atoms with Gasteiger partial charge in [-0.2, -0.15) is 0 Å². The summed E-state index contributed by atoms with van der Waals surface area (Å²) in [6, 6.07) is 2.34. The van der Waals surface area contributed by atoms with Gasteiger partial charge in [-0.15, -0.1) is 0 Å². The number of hydrogen-bond donors (Lipinski definition) is 2. The van der Waals surface area contributed by atoms with Gasteiger partial charge in [0.25, 0.3) is 10.0 Å². The Labute approximate surface area is 122 Å². The van der Waals surface area contributed by atoms with E-state index < -0.39 is 21.6 Å². The number of ether oxygens (including phenoxy) is 2. The summed E-state index contributed by atoms with van der Waals surface area (Å²) >= 11 is 0. The number of pyridine rings is 1. The number of carboxylic acids is 1. The third-order valence-electron chi connectivity index (χ3n) is 3.34. The predicted molar refractivity (Wildman–Crippen MR) is 71.6 cm³/mol. The van der Waals surface area contributed by atoms with E-state index >= 15 is 0 Å². The third kappa shape index (κ3) is 3.56. The summed E-state index contributed by atoms with van der Waals surface area (Å²) in [6.07, 6.45) is 1.60. The van der Waals surface area contributed by atoms with E-state index in [4.69, 9.17) is 14.6 Å². The molecule has 21 heavy (non-hydrogen) atoms. The largest absolute Gasteiger partial charge is 0.478 e. The molecule has 0 aliphatic carbocycles. The summed E-state index contributed by atoms with van der Waals surface area (Å²) in [5.41, 5.74) is -0.750. The highest BCUT2D eigenvalue weighted by atomic mass is 32.2.